The van der Waals surface area contributed by atoms with E-state index in [2.05, 4.69) is 29.4 Å². The van der Waals surface area contributed by atoms with Crippen LogP contribution in [0.3, 0.4) is 0 Å². The second-order valence-electron chi connectivity index (χ2n) is 3.66. The number of hydrogen-bond donors (Lipinski definition) is 2. The molecule has 3 heteroatoms. The lowest BCUT2D eigenvalue weighted by Crippen LogP contribution is -2.57. The molecule has 1 unspecified atom stereocenters. The van der Waals surface area contributed by atoms with Gasteiger partial charge >= 0.3 is 0 Å². The lowest BCUT2D eigenvalue weighted by Gasteiger charge is -2.34. The normalized spacial score (nSPS) is 23.8. The van der Waals surface area contributed by atoms with Crippen molar-refractivity contribution in [2.45, 2.75) is 32.9 Å². The number of likely N-dealkylation sites (N-methyl/N-ethyl adjacent to an activating group) is 1. The average Bonchev–Trinajstić information content (AvgIpc) is 2.21. The molecule has 1 atom stereocenters. The second kappa shape index (κ2) is 6.35. The van der Waals surface area contributed by atoms with Gasteiger partial charge < -0.3 is 5.32 Å². The van der Waals surface area contributed by atoms with Gasteiger partial charge in [-0.3, -0.25) is 10.2 Å². The third-order valence-electron chi connectivity index (χ3n) is 2.67. The SMILES string of the molecule is CCCCN(CC)C1CNCCN1. The van der Waals surface area contributed by atoms with Crippen LogP contribution in [0, 0.1) is 0 Å². The van der Waals surface area contributed by atoms with Crippen molar-refractivity contribution < 1.29 is 0 Å². The zero-order chi connectivity index (χ0) is 9.52. The first-order valence-corrected chi connectivity index (χ1v) is 5.56. The minimum absolute atomic E-state index is 0.560. The molecule has 1 aliphatic rings. The Morgan fingerprint density at radius 2 is 2.15 bits per heavy atom. The van der Waals surface area contributed by atoms with Crippen LogP contribution in [0.5, 0.6) is 0 Å². The van der Waals surface area contributed by atoms with E-state index in [-0.39, 0.29) is 0 Å². The lowest BCUT2D eigenvalue weighted by atomic mass is 10.2. The molecule has 1 aliphatic heterocycles. The van der Waals surface area contributed by atoms with E-state index >= 15 is 0 Å². The van der Waals surface area contributed by atoms with Crippen molar-refractivity contribution in [1.29, 1.82) is 0 Å². The van der Waals surface area contributed by atoms with Gasteiger partial charge in [-0.05, 0) is 19.5 Å². The van der Waals surface area contributed by atoms with E-state index in [1.54, 1.807) is 0 Å². The number of nitrogens with zero attached hydrogens (tertiary/aromatic N) is 1. The van der Waals surface area contributed by atoms with Crippen LogP contribution in [0.25, 0.3) is 0 Å². The molecule has 0 saturated carbocycles. The highest BCUT2D eigenvalue weighted by atomic mass is 15.3. The largest absolute Gasteiger partial charge is 0.313 e. The number of piperazine rings is 1. The van der Waals surface area contributed by atoms with E-state index in [0.29, 0.717) is 6.17 Å². The molecular formula is C10H23N3. The highest BCUT2D eigenvalue weighted by molar-refractivity contribution is 4.75. The molecular weight excluding hydrogens is 162 g/mol. The van der Waals surface area contributed by atoms with Gasteiger partial charge in [0, 0.05) is 19.6 Å². The van der Waals surface area contributed by atoms with Gasteiger partial charge in [0.25, 0.3) is 0 Å². The Labute approximate surface area is 81.9 Å². The molecule has 0 radical (unpaired) electrons. The summed E-state index contributed by atoms with van der Waals surface area (Å²) in [7, 11) is 0. The Morgan fingerprint density at radius 3 is 2.69 bits per heavy atom. The van der Waals surface area contributed by atoms with Crippen LogP contribution in [0.1, 0.15) is 26.7 Å². The zero-order valence-electron chi connectivity index (χ0n) is 8.97. The van der Waals surface area contributed by atoms with Gasteiger partial charge in [0.2, 0.25) is 0 Å². The fourth-order valence-corrected chi connectivity index (χ4v) is 1.79. The molecule has 0 aromatic rings. The van der Waals surface area contributed by atoms with Gasteiger partial charge in [0.15, 0.2) is 0 Å². The molecule has 0 aromatic carbocycles. The summed E-state index contributed by atoms with van der Waals surface area (Å²) in [6.07, 6.45) is 3.16. The van der Waals surface area contributed by atoms with Crippen molar-refractivity contribution >= 4 is 0 Å². The van der Waals surface area contributed by atoms with Crippen LogP contribution in [0.15, 0.2) is 0 Å². The van der Waals surface area contributed by atoms with Crippen LogP contribution in [0.2, 0.25) is 0 Å². The summed E-state index contributed by atoms with van der Waals surface area (Å²) < 4.78 is 0. The van der Waals surface area contributed by atoms with E-state index in [1.807, 2.05) is 0 Å². The first kappa shape index (κ1) is 11.0. The van der Waals surface area contributed by atoms with Gasteiger partial charge in [-0.15, -0.1) is 0 Å². The maximum Gasteiger partial charge on any atom is 0.0726 e. The number of nitrogens with one attached hydrogen (secondary N) is 2. The fourth-order valence-electron chi connectivity index (χ4n) is 1.79. The van der Waals surface area contributed by atoms with E-state index in [0.717, 1.165) is 26.2 Å². The topological polar surface area (TPSA) is 27.3 Å². The Bertz CT molecular complexity index is 121. The number of unbranched alkanes of at least 4 members (excludes halogenated alkanes) is 1. The van der Waals surface area contributed by atoms with E-state index in [9.17, 15) is 0 Å². The molecule has 1 heterocycles. The molecule has 2 N–H and O–H groups in total. The fraction of sp³-hybridized carbons (Fsp3) is 1.00. The van der Waals surface area contributed by atoms with Crippen molar-refractivity contribution in [1.82, 2.24) is 15.5 Å². The smallest absolute Gasteiger partial charge is 0.0726 e. The predicted octanol–water partition coefficient (Wildman–Crippen LogP) is 0.627. The molecule has 0 amide bonds. The second-order valence-corrected chi connectivity index (χ2v) is 3.66. The van der Waals surface area contributed by atoms with Gasteiger partial charge in [0.05, 0.1) is 6.17 Å². The molecule has 0 bridgehead atoms. The van der Waals surface area contributed by atoms with Crippen molar-refractivity contribution in [2.75, 3.05) is 32.7 Å². The average molecular weight is 185 g/mol. The molecule has 3 nitrogen and oxygen atoms in total. The van der Waals surface area contributed by atoms with Gasteiger partial charge in [-0.2, -0.15) is 0 Å². The Morgan fingerprint density at radius 1 is 1.31 bits per heavy atom. The molecule has 0 aromatic heterocycles. The number of hydrogen-bond acceptors (Lipinski definition) is 3. The summed E-state index contributed by atoms with van der Waals surface area (Å²) in [6.45, 7) is 10.2. The minimum atomic E-state index is 0.560. The van der Waals surface area contributed by atoms with Crippen LogP contribution in [-0.2, 0) is 0 Å². The van der Waals surface area contributed by atoms with Crippen LogP contribution in [0.4, 0.5) is 0 Å². The van der Waals surface area contributed by atoms with E-state index < -0.39 is 0 Å². The monoisotopic (exact) mass is 185 g/mol. The zero-order valence-corrected chi connectivity index (χ0v) is 8.97. The molecule has 0 aliphatic carbocycles. The molecule has 1 rings (SSSR count). The Balaban J connectivity index is 2.26. The minimum Gasteiger partial charge on any atom is -0.313 e. The summed E-state index contributed by atoms with van der Waals surface area (Å²) in [6, 6.07) is 0. The van der Waals surface area contributed by atoms with Gasteiger partial charge in [-0.25, -0.2) is 0 Å². The Kier molecular flexibility index (Phi) is 5.35. The van der Waals surface area contributed by atoms with Crippen molar-refractivity contribution in [2.24, 2.45) is 0 Å². The molecule has 13 heavy (non-hydrogen) atoms. The van der Waals surface area contributed by atoms with E-state index in [4.69, 9.17) is 0 Å². The highest BCUT2D eigenvalue weighted by Crippen LogP contribution is 2.00. The first-order valence-electron chi connectivity index (χ1n) is 5.56. The van der Waals surface area contributed by atoms with Crippen molar-refractivity contribution in [3.8, 4) is 0 Å². The van der Waals surface area contributed by atoms with Crippen LogP contribution < -0.4 is 10.6 Å². The standard InChI is InChI=1S/C10H23N3/c1-3-5-8-13(4-2)10-9-11-6-7-12-10/h10-12H,3-9H2,1-2H3. The van der Waals surface area contributed by atoms with Gasteiger partial charge in [0.1, 0.15) is 0 Å². The van der Waals surface area contributed by atoms with E-state index in [1.165, 1.54) is 19.4 Å². The van der Waals surface area contributed by atoms with Gasteiger partial charge in [-0.1, -0.05) is 20.3 Å². The first-order chi connectivity index (χ1) is 6.38. The molecule has 1 saturated heterocycles. The number of rotatable bonds is 5. The third-order valence-corrected chi connectivity index (χ3v) is 2.67. The quantitative estimate of drug-likeness (QED) is 0.658. The molecule has 0 spiro atoms. The summed E-state index contributed by atoms with van der Waals surface area (Å²) >= 11 is 0. The molecule has 1 fully saturated rings. The van der Waals surface area contributed by atoms with Crippen LogP contribution in [-0.4, -0.2) is 43.8 Å². The third kappa shape index (κ3) is 3.63. The Hall–Kier alpha value is -0.120. The van der Waals surface area contributed by atoms with Crippen LogP contribution >= 0.6 is 0 Å². The summed E-state index contributed by atoms with van der Waals surface area (Å²) in [4.78, 5) is 2.52. The predicted molar refractivity (Wildman–Crippen MR) is 56.8 cm³/mol. The summed E-state index contributed by atoms with van der Waals surface area (Å²) in [5.41, 5.74) is 0. The maximum atomic E-state index is 3.54. The highest BCUT2D eigenvalue weighted by Gasteiger charge is 2.17. The maximum absolute atomic E-state index is 3.54. The lowest BCUT2D eigenvalue weighted by molar-refractivity contribution is 0.153. The van der Waals surface area contributed by atoms with Crippen molar-refractivity contribution in [3.05, 3.63) is 0 Å². The summed E-state index contributed by atoms with van der Waals surface area (Å²) in [5.74, 6) is 0. The molecule has 78 valence electrons. The summed E-state index contributed by atoms with van der Waals surface area (Å²) in [5, 5.41) is 6.96. The van der Waals surface area contributed by atoms with Crippen molar-refractivity contribution in [3.63, 3.8) is 0 Å².